The van der Waals surface area contributed by atoms with Gasteiger partial charge in [-0.1, -0.05) is 23.2 Å². The Balaban J connectivity index is 1.79. The largest absolute Gasteiger partial charge is 0.478 e. The number of halogens is 2. The van der Waals surface area contributed by atoms with Crippen LogP contribution >= 0.6 is 23.2 Å². The Kier molecular flexibility index (Phi) is 6.78. The molecule has 0 fully saturated rings. The van der Waals surface area contributed by atoms with Crippen molar-refractivity contribution in [1.29, 1.82) is 0 Å². The van der Waals surface area contributed by atoms with Crippen LogP contribution in [0.3, 0.4) is 0 Å². The van der Waals surface area contributed by atoms with E-state index in [0.29, 0.717) is 39.2 Å². The first-order valence-electron chi connectivity index (χ1n) is 10.9. The minimum atomic E-state index is -1.05. The van der Waals surface area contributed by atoms with Crippen LogP contribution in [0.4, 0.5) is 5.95 Å². The number of benzene rings is 2. The van der Waals surface area contributed by atoms with Crippen molar-refractivity contribution in [2.75, 3.05) is 5.32 Å². The second-order valence-electron chi connectivity index (χ2n) is 8.58. The van der Waals surface area contributed by atoms with E-state index in [1.807, 2.05) is 13.8 Å². The van der Waals surface area contributed by atoms with Gasteiger partial charge in [0.1, 0.15) is 5.69 Å². The number of carbonyl (C=O) groups is 2. The molecular formula is C25H23Cl2N4O4+. The number of hydrogen-bond donors (Lipinski definition) is 2. The molecule has 0 spiro atoms. The summed E-state index contributed by atoms with van der Waals surface area (Å²) < 4.78 is 3.02. The van der Waals surface area contributed by atoms with Gasteiger partial charge in [-0.3, -0.25) is 4.79 Å². The van der Waals surface area contributed by atoms with Gasteiger partial charge in [-0.2, -0.15) is 4.58 Å². The maximum absolute atomic E-state index is 13.6. The van der Waals surface area contributed by atoms with Crippen LogP contribution in [0.1, 0.15) is 52.7 Å². The number of amides is 1. The second-order valence-corrected chi connectivity index (χ2v) is 9.40. The lowest BCUT2D eigenvalue weighted by Crippen LogP contribution is -2.38. The number of nitrogens with one attached hydrogen (secondary N) is 1. The highest BCUT2D eigenvalue weighted by atomic mass is 35.5. The summed E-state index contributed by atoms with van der Waals surface area (Å²) in [5, 5.41) is 13.0. The highest BCUT2D eigenvalue weighted by Gasteiger charge is 2.33. The number of anilines is 1. The number of nitrogens with zero attached hydrogens (tertiary/aromatic N) is 3. The molecule has 2 N–H and O–H groups in total. The van der Waals surface area contributed by atoms with E-state index in [9.17, 15) is 19.5 Å². The van der Waals surface area contributed by atoms with Gasteiger partial charge >= 0.3 is 11.9 Å². The minimum absolute atomic E-state index is 0.0321. The van der Waals surface area contributed by atoms with E-state index in [-0.39, 0.29) is 41.1 Å². The highest BCUT2D eigenvalue weighted by molar-refractivity contribution is 6.42. The van der Waals surface area contributed by atoms with E-state index in [1.54, 1.807) is 35.8 Å². The molecule has 1 aromatic heterocycles. The van der Waals surface area contributed by atoms with E-state index >= 15 is 0 Å². The second kappa shape index (κ2) is 9.64. The summed E-state index contributed by atoms with van der Waals surface area (Å²) in [4.78, 5) is 42.8. The van der Waals surface area contributed by atoms with Crippen molar-refractivity contribution in [3.63, 3.8) is 0 Å². The monoisotopic (exact) mass is 513 g/mol. The van der Waals surface area contributed by atoms with Gasteiger partial charge in [-0.15, -0.1) is 0 Å². The van der Waals surface area contributed by atoms with Crippen LogP contribution in [0.2, 0.25) is 10.0 Å². The summed E-state index contributed by atoms with van der Waals surface area (Å²) >= 11 is 12.1. The third-order valence-corrected chi connectivity index (χ3v) is 6.40. The van der Waals surface area contributed by atoms with Gasteiger partial charge in [0, 0.05) is 13.0 Å². The highest BCUT2D eigenvalue weighted by Crippen LogP contribution is 2.24. The Bertz CT molecular complexity index is 1440. The lowest BCUT2D eigenvalue weighted by atomic mass is 10.0. The molecule has 0 saturated heterocycles. The Morgan fingerprint density at radius 2 is 1.74 bits per heavy atom. The van der Waals surface area contributed by atoms with Crippen LogP contribution in [-0.4, -0.2) is 42.9 Å². The molecule has 4 rings (SSSR count). The zero-order valence-corrected chi connectivity index (χ0v) is 20.8. The number of hydrogen-bond acceptors (Lipinski definition) is 5. The van der Waals surface area contributed by atoms with E-state index in [1.165, 1.54) is 22.8 Å². The predicted molar refractivity (Wildman–Crippen MR) is 135 cm³/mol. The summed E-state index contributed by atoms with van der Waals surface area (Å²) in [7, 11) is 0. The Morgan fingerprint density at radius 1 is 1.09 bits per heavy atom. The zero-order chi connectivity index (χ0) is 25.4. The average Bonchev–Trinajstić information content (AvgIpc) is 2.80. The van der Waals surface area contributed by atoms with Crippen LogP contribution in [0.25, 0.3) is 5.69 Å². The molecular weight excluding hydrogens is 491 g/mol. The third kappa shape index (κ3) is 4.85. The summed E-state index contributed by atoms with van der Waals surface area (Å²) in [5.74, 6) is -1.00. The minimum Gasteiger partial charge on any atom is -0.478 e. The number of carboxylic acid groups (broad SMARTS) is 1. The van der Waals surface area contributed by atoms with Gasteiger partial charge in [0.15, 0.2) is 12.3 Å². The van der Waals surface area contributed by atoms with Crippen LogP contribution in [-0.2, 0) is 13.0 Å². The van der Waals surface area contributed by atoms with E-state index in [0.717, 1.165) is 0 Å². The molecule has 0 saturated carbocycles. The summed E-state index contributed by atoms with van der Waals surface area (Å²) in [5.41, 5.74) is 2.40. The first-order chi connectivity index (χ1) is 16.6. The average molecular weight is 514 g/mol. The molecule has 0 atom stereocenters. The molecule has 8 nitrogen and oxygen atoms in total. The van der Waals surface area contributed by atoms with Gasteiger partial charge in [0.2, 0.25) is 5.95 Å². The normalized spacial score (nSPS) is 13.1. The zero-order valence-electron chi connectivity index (χ0n) is 19.3. The van der Waals surface area contributed by atoms with Crippen LogP contribution in [0.15, 0.2) is 47.3 Å². The molecule has 2 heterocycles. The molecule has 35 heavy (non-hydrogen) atoms. The quantitative estimate of drug-likeness (QED) is 0.489. The lowest BCUT2D eigenvalue weighted by Gasteiger charge is -2.21. The summed E-state index contributed by atoms with van der Waals surface area (Å²) in [6, 6.07) is 10.7. The van der Waals surface area contributed by atoms with Crippen molar-refractivity contribution in [2.24, 2.45) is 0 Å². The number of carboxylic acids is 1. The fourth-order valence-electron chi connectivity index (χ4n) is 3.92. The molecule has 0 aliphatic carbocycles. The molecule has 180 valence electrons. The van der Waals surface area contributed by atoms with E-state index in [4.69, 9.17) is 28.2 Å². The van der Waals surface area contributed by atoms with E-state index in [2.05, 4.69) is 5.32 Å². The number of aromatic carboxylic acids is 1. The summed E-state index contributed by atoms with van der Waals surface area (Å²) in [6.45, 7) is 5.76. The number of aromatic nitrogens is 2. The van der Waals surface area contributed by atoms with Gasteiger partial charge in [-0.25, -0.2) is 19.1 Å². The predicted octanol–water partition coefficient (Wildman–Crippen LogP) is 4.43. The lowest BCUT2D eigenvalue weighted by molar-refractivity contribution is -0.450. The van der Waals surface area contributed by atoms with Crippen LogP contribution < -0.4 is 10.9 Å². The fraction of sp³-hybridized carbons (Fsp3) is 0.240. The molecule has 1 aliphatic rings. The number of rotatable bonds is 5. The van der Waals surface area contributed by atoms with Crippen molar-refractivity contribution in [3.8, 4) is 5.69 Å². The molecule has 10 heteroatoms. The standard InChI is InChI=1S/C25H22Cl2N4O4/c1-13(2)28-25-29-21-12-30(22(32)16-6-9-19(26)20(27)11-16)14(3)10-18(21)23(33)31(25)17-7-4-15(5-8-17)24(34)35/h4-9,11,13H,10,12H2,1-3H3,(H-,28,29,33,34,35)/p+1. The van der Waals surface area contributed by atoms with Gasteiger partial charge < -0.3 is 10.4 Å². The van der Waals surface area contributed by atoms with Gasteiger partial charge in [-0.05, 0) is 56.3 Å². The molecule has 1 aliphatic heterocycles. The first kappa shape index (κ1) is 24.6. The van der Waals surface area contributed by atoms with Crippen molar-refractivity contribution < 1.29 is 19.3 Å². The van der Waals surface area contributed by atoms with Crippen LogP contribution in [0, 0.1) is 0 Å². The van der Waals surface area contributed by atoms with Gasteiger partial charge in [0.05, 0.1) is 38.8 Å². The molecule has 1 amide bonds. The molecule has 3 aromatic rings. The number of carbonyl (C=O) groups excluding carboxylic acids is 1. The smallest absolute Gasteiger partial charge is 0.419 e. The van der Waals surface area contributed by atoms with Crippen LogP contribution in [0.5, 0.6) is 0 Å². The molecule has 0 unspecified atom stereocenters. The van der Waals surface area contributed by atoms with Crippen molar-refractivity contribution in [2.45, 2.75) is 39.8 Å². The maximum Gasteiger partial charge on any atom is 0.419 e. The van der Waals surface area contributed by atoms with Crippen molar-refractivity contribution in [1.82, 2.24) is 9.55 Å². The van der Waals surface area contributed by atoms with E-state index < -0.39 is 5.97 Å². The van der Waals surface area contributed by atoms with Crippen molar-refractivity contribution >= 4 is 46.7 Å². The first-order valence-corrected chi connectivity index (χ1v) is 11.7. The molecule has 0 bridgehead atoms. The SMILES string of the molecule is CC1=[N+](C(=O)c2ccc(Cl)c(Cl)c2)Cc2nc(NC(C)C)n(-c3ccc(C(=O)O)cc3)c(=O)c2C1. The maximum atomic E-state index is 13.6. The molecule has 0 radical (unpaired) electrons. The summed E-state index contributed by atoms with van der Waals surface area (Å²) in [6.07, 6.45) is 0.239. The fourth-order valence-corrected chi connectivity index (χ4v) is 4.22. The van der Waals surface area contributed by atoms with Gasteiger partial charge in [0.25, 0.3) is 5.56 Å². The Labute approximate surface area is 211 Å². The Morgan fingerprint density at radius 3 is 2.34 bits per heavy atom. The number of fused-ring (bicyclic) bond motifs is 1. The topological polar surface area (TPSA) is 104 Å². The molecule has 2 aromatic carbocycles. The van der Waals surface area contributed by atoms with Crippen molar-refractivity contribution in [3.05, 3.63) is 85.2 Å². The Hall–Kier alpha value is -3.49. The third-order valence-electron chi connectivity index (χ3n) is 5.67.